The van der Waals surface area contributed by atoms with Crippen molar-refractivity contribution < 1.29 is 4.79 Å². The number of nitrogens with zero attached hydrogens (tertiary/aromatic N) is 4. The maximum Gasteiger partial charge on any atom is 0.229 e. The Hall–Kier alpha value is -2.61. The minimum atomic E-state index is 0.139. The molecule has 4 rings (SSSR count). The van der Waals surface area contributed by atoms with Gasteiger partial charge in [0.25, 0.3) is 0 Å². The molecular formula is C24H29N5OS. The van der Waals surface area contributed by atoms with Crippen molar-refractivity contribution in [3.05, 3.63) is 65.8 Å². The van der Waals surface area contributed by atoms with Gasteiger partial charge in [-0.15, -0.1) is 11.3 Å². The van der Waals surface area contributed by atoms with Crippen LogP contribution in [0.4, 0.5) is 5.13 Å². The van der Waals surface area contributed by atoms with Crippen molar-refractivity contribution in [3.8, 4) is 11.3 Å². The number of aryl methyl sites for hydroxylation is 1. The Morgan fingerprint density at radius 1 is 1.10 bits per heavy atom. The number of benzene rings is 1. The van der Waals surface area contributed by atoms with Crippen LogP contribution < -0.4 is 10.2 Å². The highest BCUT2D eigenvalue weighted by Crippen LogP contribution is 2.28. The molecule has 6 nitrogen and oxygen atoms in total. The fourth-order valence-corrected chi connectivity index (χ4v) is 4.67. The highest BCUT2D eigenvalue weighted by Gasteiger charge is 2.20. The molecule has 1 amide bonds. The van der Waals surface area contributed by atoms with Crippen LogP contribution >= 0.6 is 11.3 Å². The fraction of sp³-hybridized carbons (Fsp3) is 0.375. The van der Waals surface area contributed by atoms with Crippen molar-refractivity contribution in [2.75, 3.05) is 44.2 Å². The zero-order valence-corrected chi connectivity index (χ0v) is 18.6. The third-order valence-corrected chi connectivity index (χ3v) is 6.40. The molecule has 7 heteroatoms. The van der Waals surface area contributed by atoms with Gasteiger partial charge < -0.3 is 10.2 Å². The first-order valence-electron chi connectivity index (χ1n) is 10.9. The van der Waals surface area contributed by atoms with Crippen molar-refractivity contribution in [2.24, 2.45) is 0 Å². The van der Waals surface area contributed by atoms with E-state index in [1.807, 2.05) is 40.6 Å². The number of rotatable bonds is 9. The number of amides is 1. The van der Waals surface area contributed by atoms with Gasteiger partial charge in [-0.3, -0.25) is 14.7 Å². The molecule has 3 aromatic rings. The van der Waals surface area contributed by atoms with Crippen molar-refractivity contribution in [1.29, 1.82) is 0 Å². The molecule has 0 unspecified atom stereocenters. The quantitative estimate of drug-likeness (QED) is 0.558. The summed E-state index contributed by atoms with van der Waals surface area (Å²) in [6.45, 7) is 5.94. The molecule has 1 aromatic carbocycles. The van der Waals surface area contributed by atoms with E-state index in [0.717, 1.165) is 62.0 Å². The normalized spacial score (nSPS) is 14.5. The standard InChI is InChI=1S/C24H29N5OS/c30-23(8-7-20-5-2-1-3-6-20)29(16-4-15-28-17-13-26-14-18-28)24-27-22(19-31-24)21-9-11-25-12-10-21/h1-3,5-6,9-12,19,26H,4,7-8,13-18H2. The van der Waals surface area contributed by atoms with Gasteiger partial charge in [-0.2, -0.15) is 0 Å². The summed E-state index contributed by atoms with van der Waals surface area (Å²) < 4.78 is 0. The third-order valence-electron chi connectivity index (χ3n) is 5.54. The van der Waals surface area contributed by atoms with Crippen LogP contribution in [-0.4, -0.2) is 60.0 Å². The lowest BCUT2D eigenvalue weighted by atomic mass is 10.1. The first-order valence-corrected chi connectivity index (χ1v) is 11.8. The van der Waals surface area contributed by atoms with Gasteiger partial charge in [-0.25, -0.2) is 4.98 Å². The Morgan fingerprint density at radius 2 is 1.87 bits per heavy atom. The molecule has 0 saturated carbocycles. The zero-order chi connectivity index (χ0) is 21.3. The Kier molecular flexibility index (Phi) is 7.76. The van der Waals surface area contributed by atoms with Gasteiger partial charge in [-0.1, -0.05) is 30.3 Å². The van der Waals surface area contributed by atoms with Crippen LogP contribution in [0, 0.1) is 0 Å². The van der Waals surface area contributed by atoms with Gasteiger partial charge in [0.1, 0.15) is 0 Å². The lowest BCUT2D eigenvalue weighted by molar-refractivity contribution is -0.118. The summed E-state index contributed by atoms with van der Waals surface area (Å²) in [6.07, 6.45) is 5.72. The Morgan fingerprint density at radius 3 is 2.65 bits per heavy atom. The number of carbonyl (C=O) groups is 1. The summed E-state index contributed by atoms with van der Waals surface area (Å²) >= 11 is 1.54. The predicted molar refractivity (Wildman–Crippen MR) is 126 cm³/mol. The van der Waals surface area contributed by atoms with Gasteiger partial charge >= 0.3 is 0 Å². The van der Waals surface area contributed by atoms with E-state index in [9.17, 15) is 4.79 Å². The molecule has 1 saturated heterocycles. The smallest absolute Gasteiger partial charge is 0.229 e. The van der Waals surface area contributed by atoms with Crippen LogP contribution in [0.5, 0.6) is 0 Å². The summed E-state index contributed by atoms with van der Waals surface area (Å²) in [4.78, 5) is 26.4. The number of aromatic nitrogens is 2. The molecule has 1 aliphatic heterocycles. The van der Waals surface area contributed by atoms with Crippen LogP contribution in [0.1, 0.15) is 18.4 Å². The van der Waals surface area contributed by atoms with E-state index in [1.165, 1.54) is 16.9 Å². The first kappa shape index (κ1) is 21.6. The molecule has 0 spiro atoms. The number of hydrogen-bond donors (Lipinski definition) is 1. The molecule has 0 aliphatic carbocycles. The second kappa shape index (κ2) is 11.1. The molecule has 1 N–H and O–H groups in total. The molecule has 0 bridgehead atoms. The zero-order valence-electron chi connectivity index (χ0n) is 17.7. The van der Waals surface area contributed by atoms with Crippen LogP contribution in [0.25, 0.3) is 11.3 Å². The minimum absolute atomic E-state index is 0.139. The van der Waals surface area contributed by atoms with E-state index in [1.54, 1.807) is 12.4 Å². The van der Waals surface area contributed by atoms with Gasteiger partial charge in [0.05, 0.1) is 5.69 Å². The summed E-state index contributed by atoms with van der Waals surface area (Å²) in [5.74, 6) is 0.139. The van der Waals surface area contributed by atoms with E-state index in [4.69, 9.17) is 4.98 Å². The maximum absolute atomic E-state index is 13.2. The number of piperazine rings is 1. The number of pyridine rings is 1. The average Bonchev–Trinajstić information content (AvgIpc) is 3.32. The van der Waals surface area contributed by atoms with Crippen molar-refractivity contribution in [1.82, 2.24) is 20.2 Å². The summed E-state index contributed by atoms with van der Waals surface area (Å²) in [5, 5.41) is 6.20. The molecule has 0 radical (unpaired) electrons. The van der Waals surface area contributed by atoms with E-state index in [-0.39, 0.29) is 5.91 Å². The van der Waals surface area contributed by atoms with E-state index < -0.39 is 0 Å². The molecular weight excluding hydrogens is 406 g/mol. The summed E-state index contributed by atoms with van der Waals surface area (Å²) in [6, 6.07) is 14.1. The van der Waals surface area contributed by atoms with Crippen molar-refractivity contribution in [2.45, 2.75) is 19.3 Å². The number of anilines is 1. The highest BCUT2D eigenvalue weighted by atomic mass is 32.1. The minimum Gasteiger partial charge on any atom is -0.314 e. The average molecular weight is 436 g/mol. The van der Waals surface area contributed by atoms with Crippen molar-refractivity contribution in [3.63, 3.8) is 0 Å². The molecule has 31 heavy (non-hydrogen) atoms. The number of nitrogens with one attached hydrogen (secondary N) is 1. The van der Waals surface area contributed by atoms with Crippen LogP contribution in [0.3, 0.4) is 0 Å². The molecule has 1 aliphatic rings. The molecule has 2 aromatic heterocycles. The lowest BCUT2D eigenvalue weighted by Gasteiger charge is -2.28. The topological polar surface area (TPSA) is 61.4 Å². The largest absolute Gasteiger partial charge is 0.314 e. The fourth-order valence-electron chi connectivity index (χ4n) is 3.79. The van der Waals surface area contributed by atoms with Crippen molar-refractivity contribution >= 4 is 22.4 Å². The van der Waals surface area contributed by atoms with Gasteiger partial charge in [-0.05, 0) is 37.1 Å². The van der Waals surface area contributed by atoms with Gasteiger partial charge in [0.15, 0.2) is 5.13 Å². The van der Waals surface area contributed by atoms with Crippen LogP contribution in [0.2, 0.25) is 0 Å². The molecule has 0 atom stereocenters. The Bertz CT molecular complexity index is 941. The SMILES string of the molecule is O=C(CCc1ccccc1)N(CCCN1CCNCC1)c1nc(-c2ccncc2)cs1. The van der Waals surface area contributed by atoms with E-state index in [0.29, 0.717) is 13.0 Å². The maximum atomic E-state index is 13.2. The summed E-state index contributed by atoms with van der Waals surface area (Å²) in [7, 11) is 0. The summed E-state index contributed by atoms with van der Waals surface area (Å²) in [5.41, 5.74) is 3.11. The van der Waals surface area contributed by atoms with E-state index in [2.05, 4.69) is 27.3 Å². The third kappa shape index (κ3) is 6.19. The molecule has 3 heterocycles. The van der Waals surface area contributed by atoms with E-state index >= 15 is 0 Å². The van der Waals surface area contributed by atoms with Crippen LogP contribution in [0.15, 0.2) is 60.2 Å². The predicted octanol–water partition coefficient (Wildman–Crippen LogP) is 3.47. The first-order chi connectivity index (χ1) is 15.3. The number of hydrogen-bond acceptors (Lipinski definition) is 6. The second-order valence-electron chi connectivity index (χ2n) is 7.73. The monoisotopic (exact) mass is 435 g/mol. The Labute approximate surface area is 187 Å². The highest BCUT2D eigenvalue weighted by molar-refractivity contribution is 7.14. The van der Waals surface area contributed by atoms with Gasteiger partial charge in [0.2, 0.25) is 5.91 Å². The van der Waals surface area contributed by atoms with Crippen LogP contribution in [-0.2, 0) is 11.2 Å². The number of carbonyl (C=O) groups excluding carboxylic acids is 1. The molecule has 1 fully saturated rings. The lowest BCUT2D eigenvalue weighted by Crippen LogP contribution is -2.44. The molecule has 162 valence electrons. The van der Waals surface area contributed by atoms with Gasteiger partial charge in [0, 0.05) is 62.5 Å². The second-order valence-corrected chi connectivity index (χ2v) is 8.56. The Balaban J connectivity index is 1.43. The number of thiazole rings is 1.